The maximum Gasteiger partial charge on any atom is 0.261 e. The van der Waals surface area contributed by atoms with Crippen LogP contribution in [0, 0.1) is 11.7 Å². The topological polar surface area (TPSA) is 122 Å². The van der Waals surface area contributed by atoms with Gasteiger partial charge in [0.15, 0.2) is 18.3 Å². The zero-order valence-electron chi connectivity index (χ0n) is 20.1. The van der Waals surface area contributed by atoms with Crippen LogP contribution in [0.25, 0.3) is 0 Å². The van der Waals surface area contributed by atoms with Crippen molar-refractivity contribution in [3.63, 3.8) is 0 Å². The summed E-state index contributed by atoms with van der Waals surface area (Å²) in [4.78, 5) is 62.8. The first-order chi connectivity index (χ1) is 18.1. The van der Waals surface area contributed by atoms with E-state index in [1.54, 1.807) is 6.07 Å². The Hall–Kier alpha value is -4.38. The molecule has 3 aromatic rings. The molecule has 1 aliphatic carbocycles. The van der Waals surface area contributed by atoms with Gasteiger partial charge in [0.05, 0.1) is 28.4 Å². The van der Waals surface area contributed by atoms with E-state index >= 15 is 0 Å². The highest BCUT2D eigenvalue weighted by atomic mass is 79.9. The molecule has 0 aromatic heterocycles. The molecule has 3 aromatic carbocycles. The van der Waals surface area contributed by atoms with E-state index in [0.717, 1.165) is 11.0 Å². The summed E-state index contributed by atoms with van der Waals surface area (Å²) < 4.78 is 20.2. The van der Waals surface area contributed by atoms with E-state index in [-0.39, 0.29) is 57.7 Å². The fourth-order valence-corrected chi connectivity index (χ4v) is 4.93. The van der Waals surface area contributed by atoms with Gasteiger partial charge < -0.3 is 15.4 Å². The van der Waals surface area contributed by atoms with Crippen molar-refractivity contribution in [3.8, 4) is 5.75 Å². The SMILES string of the molecule is CC1C(=O)c2ccc(C(=O)Nc3cc(F)cc(Br)c3NCOc3ccc4c(c3)C(=O)N(C)C4=O)cc2C1=O. The van der Waals surface area contributed by atoms with E-state index in [1.807, 2.05) is 0 Å². The van der Waals surface area contributed by atoms with E-state index in [4.69, 9.17) is 4.74 Å². The highest BCUT2D eigenvalue weighted by molar-refractivity contribution is 9.10. The van der Waals surface area contributed by atoms with E-state index in [1.165, 1.54) is 50.4 Å². The number of fused-ring (bicyclic) bond motifs is 2. The maximum atomic E-state index is 14.2. The minimum atomic E-state index is -0.788. The van der Waals surface area contributed by atoms with Crippen LogP contribution < -0.4 is 15.4 Å². The Kier molecular flexibility index (Phi) is 6.31. The number of benzene rings is 3. The summed E-state index contributed by atoms with van der Waals surface area (Å²) in [6, 6.07) is 11.1. The first-order valence-corrected chi connectivity index (χ1v) is 12.2. The number of Topliss-reactive ketones (excluding diaryl/α,β-unsaturated/α-hetero) is 2. The second-order valence-electron chi connectivity index (χ2n) is 8.82. The Morgan fingerprint density at radius 1 is 0.947 bits per heavy atom. The fourth-order valence-electron chi connectivity index (χ4n) is 4.36. The Bertz CT molecular complexity index is 1590. The van der Waals surface area contributed by atoms with Crippen molar-refractivity contribution in [1.82, 2.24) is 4.90 Å². The Labute approximate surface area is 224 Å². The average molecular weight is 580 g/mol. The van der Waals surface area contributed by atoms with Gasteiger partial charge in [-0.1, -0.05) is 0 Å². The van der Waals surface area contributed by atoms with Crippen molar-refractivity contribution < 1.29 is 33.1 Å². The lowest BCUT2D eigenvalue weighted by Gasteiger charge is -2.16. The number of ether oxygens (including phenoxy) is 1. The summed E-state index contributed by atoms with van der Waals surface area (Å²) in [5.41, 5.74) is 1.51. The van der Waals surface area contributed by atoms with Gasteiger partial charge in [0.25, 0.3) is 17.7 Å². The predicted molar refractivity (Wildman–Crippen MR) is 138 cm³/mol. The third-order valence-corrected chi connectivity index (χ3v) is 7.08. The molecule has 1 atom stereocenters. The zero-order chi connectivity index (χ0) is 27.3. The molecule has 2 N–H and O–H groups in total. The monoisotopic (exact) mass is 579 g/mol. The largest absolute Gasteiger partial charge is 0.473 e. The maximum absolute atomic E-state index is 14.2. The third-order valence-electron chi connectivity index (χ3n) is 6.45. The molecule has 0 spiro atoms. The van der Waals surface area contributed by atoms with Gasteiger partial charge in [0.1, 0.15) is 11.6 Å². The van der Waals surface area contributed by atoms with Crippen molar-refractivity contribution >= 4 is 56.6 Å². The molecule has 1 unspecified atom stereocenters. The molecule has 3 amide bonds. The molecule has 0 radical (unpaired) electrons. The number of carbonyl (C=O) groups excluding carboxylic acids is 5. The standard InChI is InChI=1S/C27H19BrFN3O6/c1-12-23(33)16-5-3-13(7-18(16)24(12)34)25(35)31-21-9-14(29)8-20(28)22(21)30-11-38-15-4-6-17-19(10-15)27(37)32(2)26(17)36/h3-10,12,30H,11H2,1-2H3,(H,31,35). The number of anilines is 2. The minimum absolute atomic E-state index is 0.0955. The van der Waals surface area contributed by atoms with Gasteiger partial charge >= 0.3 is 0 Å². The summed E-state index contributed by atoms with van der Waals surface area (Å²) in [5, 5.41) is 5.58. The summed E-state index contributed by atoms with van der Waals surface area (Å²) in [6.45, 7) is 1.39. The Balaban J connectivity index is 1.33. The van der Waals surface area contributed by atoms with E-state index in [9.17, 15) is 28.4 Å². The molecule has 0 saturated carbocycles. The number of rotatable bonds is 6. The number of ketones is 2. The molecule has 38 heavy (non-hydrogen) atoms. The van der Waals surface area contributed by atoms with Crippen LogP contribution in [0.5, 0.6) is 5.75 Å². The van der Waals surface area contributed by atoms with Crippen LogP contribution in [-0.2, 0) is 0 Å². The molecular weight excluding hydrogens is 561 g/mol. The van der Waals surface area contributed by atoms with Crippen LogP contribution in [0.2, 0.25) is 0 Å². The number of nitrogens with zero attached hydrogens (tertiary/aromatic N) is 1. The van der Waals surface area contributed by atoms with E-state index in [0.29, 0.717) is 15.9 Å². The van der Waals surface area contributed by atoms with E-state index < -0.39 is 23.5 Å². The summed E-state index contributed by atoms with van der Waals surface area (Å²) in [7, 11) is 1.40. The number of hydrogen-bond donors (Lipinski definition) is 2. The van der Waals surface area contributed by atoms with Crippen molar-refractivity contribution in [3.05, 3.63) is 86.6 Å². The highest BCUT2D eigenvalue weighted by Gasteiger charge is 2.35. The van der Waals surface area contributed by atoms with Crippen molar-refractivity contribution in [2.75, 3.05) is 24.4 Å². The van der Waals surface area contributed by atoms with Crippen LogP contribution in [-0.4, -0.2) is 48.0 Å². The second-order valence-corrected chi connectivity index (χ2v) is 9.67. The van der Waals surface area contributed by atoms with Gasteiger partial charge in [-0.05, 0) is 71.4 Å². The van der Waals surface area contributed by atoms with Gasteiger partial charge in [-0.2, -0.15) is 0 Å². The summed E-state index contributed by atoms with van der Waals surface area (Å²) in [6.07, 6.45) is 0. The molecular formula is C27H19BrFN3O6. The van der Waals surface area contributed by atoms with Crippen LogP contribution in [0.3, 0.4) is 0 Å². The van der Waals surface area contributed by atoms with Gasteiger partial charge in [0, 0.05) is 28.2 Å². The lowest BCUT2D eigenvalue weighted by atomic mass is 10.0. The van der Waals surface area contributed by atoms with Crippen LogP contribution in [0.15, 0.2) is 53.0 Å². The van der Waals surface area contributed by atoms with Crippen LogP contribution >= 0.6 is 15.9 Å². The first kappa shape index (κ1) is 25.3. The van der Waals surface area contributed by atoms with Crippen LogP contribution in [0.4, 0.5) is 15.8 Å². The smallest absolute Gasteiger partial charge is 0.261 e. The molecule has 0 saturated heterocycles. The first-order valence-electron chi connectivity index (χ1n) is 11.4. The molecule has 1 aliphatic heterocycles. The van der Waals surface area contributed by atoms with Gasteiger partial charge in [-0.25, -0.2) is 4.39 Å². The number of amides is 3. The molecule has 1 heterocycles. The molecule has 192 valence electrons. The number of nitrogens with one attached hydrogen (secondary N) is 2. The van der Waals surface area contributed by atoms with Gasteiger partial charge in [-0.15, -0.1) is 0 Å². The predicted octanol–water partition coefficient (Wildman–Crippen LogP) is 4.53. The molecule has 0 bridgehead atoms. The van der Waals surface area contributed by atoms with Crippen molar-refractivity contribution in [2.45, 2.75) is 6.92 Å². The lowest BCUT2D eigenvalue weighted by molar-refractivity contribution is 0.0691. The molecule has 11 heteroatoms. The van der Waals surface area contributed by atoms with Gasteiger partial charge in [0.2, 0.25) is 0 Å². The third kappa shape index (κ3) is 4.24. The Morgan fingerprint density at radius 2 is 1.63 bits per heavy atom. The molecule has 9 nitrogen and oxygen atoms in total. The normalized spacial score (nSPS) is 16.0. The molecule has 5 rings (SSSR count). The number of imide groups is 1. The summed E-state index contributed by atoms with van der Waals surface area (Å²) in [5.74, 6) is -3.15. The number of halogens is 2. The fraction of sp³-hybridized carbons (Fsp3) is 0.148. The van der Waals surface area contributed by atoms with E-state index in [2.05, 4.69) is 26.6 Å². The number of carbonyl (C=O) groups is 5. The van der Waals surface area contributed by atoms with Gasteiger partial charge in [-0.3, -0.25) is 28.9 Å². The Morgan fingerprint density at radius 3 is 2.39 bits per heavy atom. The number of hydrogen-bond acceptors (Lipinski definition) is 7. The van der Waals surface area contributed by atoms with Crippen molar-refractivity contribution in [1.29, 1.82) is 0 Å². The quantitative estimate of drug-likeness (QED) is 0.250. The molecule has 0 fully saturated rings. The second kappa shape index (κ2) is 9.49. The van der Waals surface area contributed by atoms with Crippen LogP contribution in [0.1, 0.15) is 58.7 Å². The zero-order valence-corrected chi connectivity index (χ0v) is 21.6. The lowest BCUT2D eigenvalue weighted by Crippen LogP contribution is -2.24. The summed E-state index contributed by atoms with van der Waals surface area (Å²) >= 11 is 3.27. The minimum Gasteiger partial charge on any atom is -0.473 e. The highest BCUT2D eigenvalue weighted by Crippen LogP contribution is 2.34. The molecule has 2 aliphatic rings. The van der Waals surface area contributed by atoms with Crippen molar-refractivity contribution in [2.24, 2.45) is 5.92 Å². The average Bonchev–Trinajstić information content (AvgIpc) is 3.24.